The molecule has 2 rings (SSSR count). The fraction of sp³-hybridized carbons (Fsp3) is 0.462. The molecule has 1 saturated heterocycles. The minimum atomic E-state index is -3.03. The van der Waals surface area contributed by atoms with Crippen LogP contribution >= 0.6 is 0 Å². The predicted octanol–water partition coefficient (Wildman–Crippen LogP) is 1.42. The van der Waals surface area contributed by atoms with Crippen LogP contribution in [0, 0.1) is 10.1 Å². The van der Waals surface area contributed by atoms with Crippen LogP contribution in [0.25, 0.3) is 0 Å². The van der Waals surface area contributed by atoms with Crippen LogP contribution in [-0.2, 0) is 9.84 Å². The van der Waals surface area contributed by atoms with Crippen LogP contribution in [-0.4, -0.2) is 44.2 Å². The van der Waals surface area contributed by atoms with E-state index in [0.29, 0.717) is 37.9 Å². The molecule has 0 saturated carbocycles. The van der Waals surface area contributed by atoms with Crippen molar-refractivity contribution in [1.29, 1.82) is 0 Å². The third-order valence-electron chi connectivity index (χ3n) is 3.75. The summed E-state index contributed by atoms with van der Waals surface area (Å²) in [5.74, 6) is 0. The highest BCUT2D eigenvalue weighted by atomic mass is 32.2. The summed E-state index contributed by atoms with van der Waals surface area (Å²) < 4.78 is 23.0. The fourth-order valence-corrected chi connectivity index (χ4v) is 3.61. The lowest BCUT2D eigenvalue weighted by Crippen LogP contribution is -2.39. The second-order valence-corrected chi connectivity index (χ2v) is 7.46. The summed E-state index contributed by atoms with van der Waals surface area (Å²) in [6.45, 7) is 1.10. The molecule has 21 heavy (non-hydrogen) atoms. The van der Waals surface area contributed by atoms with E-state index in [1.165, 1.54) is 18.4 Å². The maximum atomic E-state index is 11.5. The minimum absolute atomic E-state index is 0.0303. The van der Waals surface area contributed by atoms with Crippen LogP contribution < -0.4 is 4.90 Å². The number of piperidine rings is 1. The van der Waals surface area contributed by atoms with E-state index in [4.69, 9.17) is 0 Å². The summed E-state index contributed by atoms with van der Waals surface area (Å²) in [5, 5.41) is 10.5. The van der Waals surface area contributed by atoms with Crippen LogP contribution in [0.15, 0.2) is 18.2 Å². The first-order valence-corrected chi connectivity index (χ1v) is 8.46. The first kappa shape index (κ1) is 15.4. The van der Waals surface area contributed by atoms with E-state index in [2.05, 4.69) is 0 Å². The molecule has 1 heterocycles. The van der Waals surface area contributed by atoms with E-state index in [1.54, 1.807) is 6.07 Å². The van der Waals surface area contributed by atoms with Gasteiger partial charge in [0.25, 0.3) is 5.69 Å². The van der Waals surface area contributed by atoms with Crippen molar-refractivity contribution in [3.05, 3.63) is 33.9 Å². The molecular weight excluding hydrogens is 296 g/mol. The molecule has 0 aliphatic carbocycles. The summed E-state index contributed by atoms with van der Waals surface area (Å²) in [4.78, 5) is 23.1. The topological polar surface area (TPSA) is 97.6 Å². The Morgan fingerprint density at radius 1 is 1.33 bits per heavy atom. The van der Waals surface area contributed by atoms with Crippen LogP contribution in [0.1, 0.15) is 23.2 Å². The van der Waals surface area contributed by atoms with E-state index >= 15 is 0 Å². The van der Waals surface area contributed by atoms with Gasteiger partial charge >= 0.3 is 0 Å². The van der Waals surface area contributed by atoms with Crippen molar-refractivity contribution in [2.24, 2.45) is 0 Å². The van der Waals surface area contributed by atoms with Gasteiger partial charge in [0.05, 0.1) is 15.7 Å². The largest absolute Gasteiger partial charge is 0.371 e. The maximum absolute atomic E-state index is 11.5. The van der Waals surface area contributed by atoms with Crippen molar-refractivity contribution in [2.75, 3.05) is 24.2 Å². The highest BCUT2D eigenvalue weighted by Gasteiger charge is 2.27. The Labute approximate surface area is 122 Å². The molecule has 1 aliphatic rings. The maximum Gasteiger partial charge on any atom is 0.280 e. The molecule has 0 aromatic heterocycles. The van der Waals surface area contributed by atoms with Crippen LogP contribution in [0.2, 0.25) is 0 Å². The SMILES string of the molecule is CS(=O)(=O)C1CCN(c2ccc([N+](=O)[O-])c(C=O)c2)CC1. The van der Waals surface area contributed by atoms with Crippen molar-refractivity contribution < 1.29 is 18.1 Å². The lowest BCUT2D eigenvalue weighted by atomic mass is 10.1. The molecule has 1 aromatic rings. The predicted molar refractivity (Wildman–Crippen MR) is 78.6 cm³/mol. The molecule has 0 N–H and O–H groups in total. The monoisotopic (exact) mass is 312 g/mol. The molecule has 1 fully saturated rings. The van der Waals surface area contributed by atoms with Gasteiger partial charge in [-0.3, -0.25) is 14.9 Å². The van der Waals surface area contributed by atoms with Crippen molar-refractivity contribution >= 4 is 27.5 Å². The summed E-state index contributed by atoms with van der Waals surface area (Å²) in [5.41, 5.74) is 0.511. The smallest absolute Gasteiger partial charge is 0.280 e. The number of nitrogens with zero attached hydrogens (tertiary/aromatic N) is 2. The molecule has 114 valence electrons. The first-order chi connectivity index (χ1) is 9.82. The Morgan fingerprint density at radius 2 is 1.95 bits per heavy atom. The Morgan fingerprint density at radius 3 is 2.43 bits per heavy atom. The normalized spacial score (nSPS) is 16.7. The molecule has 0 unspecified atom stereocenters. The molecule has 0 spiro atoms. The van der Waals surface area contributed by atoms with Gasteiger partial charge in [0.2, 0.25) is 0 Å². The second-order valence-electron chi connectivity index (χ2n) is 5.13. The Balaban J connectivity index is 2.18. The van der Waals surface area contributed by atoms with Gasteiger partial charge in [0, 0.05) is 31.1 Å². The standard InChI is InChI=1S/C13H16N2O5S/c1-21(19,20)12-4-6-14(7-5-12)11-2-3-13(15(17)18)10(8-11)9-16/h2-3,8-9,12H,4-7H2,1H3. The van der Waals surface area contributed by atoms with Crippen LogP contribution in [0.3, 0.4) is 0 Å². The number of hydrogen-bond acceptors (Lipinski definition) is 6. The number of rotatable bonds is 4. The highest BCUT2D eigenvalue weighted by molar-refractivity contribution is 7.91. The second kappa shape index (κ2) is 5.80. The lowest BCUT2D eigenvalue weighted by Gasteiger charge is -2.32. The van der Waals surface area contributed by atoms with Crippen LogP contribution in [0.5, 0.6) is 0 Å². The molecule has 7 nitrogen and oxygen atoms in total. The van der Waals surface area contributed by atoms with Gasteiger partial charge in [-0.25, -0.2) is 8.42 Å². The molecule has 8 heteroatoms. The summed E-state index contributed by atoms with van der Waals surface area (Å²) >= 11 is 0. The van der Waals surface area contributed by atoms with Crippen molar-refractivity contribution in [3.63, 3.8) is 0 Å². The van der Waals surface area contributed by atoms with Gasteiger partial charge in [-0.1, -0.05) is 0 Å². The first-order valence-electron chi connectivity index (χ1n) is 6.50. The quantitative estimate of drug-likeness (QED) is 0.474. The summed E-state index contributed by atoms with van der Waals surface area (Å²) in [7, 11) is -3.03. The average Bonchev–Trinajstić information content (AvgIpc) is 2.45. The van der Waals surface area contributed by atoms with Crippen LogP contribution in [0.4, 0.5) is 11.4 Å². The zero-order valence-corrected chi connectivity index (χ0v) is 12.4. The van der Waals surface area contributed by atoms with Crippen molar-refractivity contribution in [3.8, 4) is 0 Å². The number of carbonyl (C=O) groups excluding carboxylic acids is 1. The summed E-state index contributed by atoms with van der Waals surface area (Å²) in [6, 6.07) is 4.37. The Kier molecular flexibility index (Phi) is 4.26. The molecule has 0 bridgehead atoms. The number of aldehydes is 1. The number of anilines is 1. The zero-order chi connectivity index (χ0) is 15.6. The molecular formula is C13H16N2O5S. The van der Waals surface area contributed by atoms with Gasteiger partial charge in [-0.15, -0.1) is 0 Å². The molecule has 1 aromatic carbocycles. The van der Waals surface area contributed by atoms with Crippen molar-refractivity contribution in [1.82, 2.24) is 0 Å². The number of sulfone groups is 1. The molecule has 1 aliphatic heterocycles. The minimum Gasteiger partial charge on any atom is -0.371 e. The van der Waals surface area contributed by atoms with Gasteiger partial charge in [0.15, 0.2) is 6.29 Å². The zero-order valence-electron chi connectivity index (χ0n) is 11.6. The number of benzene rings is 1. The van der Waals surface area contributed by atoms with Gasteiger partial charge in [0.1, 0.15) is 9.84 Å². The number of nitro groups is 1. The number of carbonyl (C=O) groups is 1. The van der Waals surface area contributed by atoms with E-state index in [0.717, 1.165) is 0 Å². The third-order valence-corrected chi connectivity index (χ3v) is 5.43. The van der Waals surface area contributed by atoms with E-state index in [-0.39, 0.29) is 16.5 Å². The van der Waals surface area contributed by atoms with Gasteiger partial charge in [-0.05, 0) is 25.0 Å². The van der Waals surface area contributed by atoms with Gasteiger partial charge < -0.3 is 4.90 Å². The average molecular weight is 312 g/mol. The lowest BCUT2D eigenvalue weighted by molar-refractivity contribution is -0.385. The number of hydrogen-bond donors (Lipinski definition) is 0. The van der Waals surface area contributed by atoms with Crippen molar-refractivity contribution in [2.45, 2.75) is 18.1 Å². The highest BCUT2D eigenvalue weighted by Crippen LogP contribution is 2.27. The third kappa shape index (κ3) is 3.38. The fourth-order valence-electron chi connectivity index (χ4n) is 2.54. The molecule has 0 radical (unpaired) electrons. The molecule has 0 atom stereocenters. The van der Waals surface area contributed by atoms with Gasteiger partial charge in [-0.2, -0.15) is 0 Å². The van der Waals surface area contributed by atoms with E-state index < -0.39 is 14.8 Å². The summed E-state index contributed by atoms with van der Waals surface area (Å²) in [6.07, 6.45) is 2.74. The molecule has 0 amide bonds. The van der Waals surface area contributed by atoms with E-state index in [1.807, 2.05) is 4.90 Å². The Hall–Kier alpha value is -1.96. The number of nitro benzene ring substituents is 1. The Bertz CT molecular complexity index is 663. The van der Waals surface area contributed by atoms with E-state index in [9.17, 15) is 23.3 Å².